The maximum absolute atomic E-state index is 12.0. The molecule has 2 rings (SSSR count). The fourth-order valence-electron chi connectivity index (χ4n) is 1.86. The summed E-state index contributed by atoms with van der Waals surface area (Å²) in [6, 6.07) is 9.63. The molecule has 0 radical (unpaired) electrons. The van der Waals surface area contributed by atoms with Gasteiger partial charge in [-0.05, 0) is 44.2 Å². The van der Waals surface area contributed by atoms with E-state index < -0.39 is 18.0 Å². The van der Waals surface area contributed by atoms with Crippen LogP contribution in [0.2, 0.25) is 0 Å². The van der Waals surface area contributed by atoms with Crippen molar-refractivity contribution in [3.8, 4) is 6.07 Å². The van der Waals surface area contributed by atoms with Gasteiger partial charge >= 0.3 is 5.97 Å². The molecule has 24 heavy (non-hydrogen) atoms. The maximum Gasteiger partial charge on any atom is 0.355 e. The molecule has 1 heterocycles. The smallest absolute Gasteiger partial charge is 0.355 e. The Kier molecular flexibility index (Phi) is 5.12. The third kappa shape index (κ3) is 4.08. The highest BCUT2D eigenvalue weighted by molar-refractivity contribution is 5.99. The van der Waals surface area contributed by atoms with Crippen LogP contribution in [0.15, 0.2) is 36.5 Å². The van der Waals surface area contributed by atoms with Gasteiger partial charge in [-0.25, -0.2) is 4.79 Å². The Morgan fingerprint density at radius 1 is 1.25 bits per heavy atom. The molecule has 2 aromatic rings. The molecule has 2 N–H and O–H groups in total. The van der Waals surface area contributed by atoms with Crippen LogP contribution in [-0.4, -0.2) is 28.7 Å². The highest BCUT2D eigenvalue weighted by atomic mass is 16.5. The van der Waals surface area contributed by atoms with Gasteiger partial charge in [0.2, 0.25) is 0 Å². The molecule has 0 aliphatic rings. The average molecular weight is 325 g/mol. The van der Waals surface area contributed by atoms with Gasteiger partial charge in [-0.3, -0.25) is 9.59 Å². The molecular weight excluding hydrogens is 310 g/mol. The van der Waals surface area contributed by atoms with Crippen LogP contribution in [0.3, 0.4) is 0 Å². The third-order valence-corrected chi connectivity index (χ3v) is 3.24. The molecule has 1 atom stereocenters. The van der Waals surface area contributed by atoms with E-state index >= 15 is 0 Å². The number of benzene rings is 1. The van der Waals surface area contributed by atoms with E-state index in [9.17, 15) is 14.4 Å². The molecule has 7 nitrogen and oxygen atoms in total. The Labute approximate surface area is 138 Å². The lowest BCUT2D eigenvalue weighted by molar-refractivity contribution is -0.123. The van der Waals surface area contributed by atoms with Crippen LogP contribution in [-0.2, 0) is 9.53 Å². The molecule has 0 aliphatic heterocycles. The molecule has 0 spiro atoms. The van der Waals surface area contributed by atoms with E-state index in [1.165, 1.54) is 26.1 Å². The van der Waals surface area contributed by atoms with Gasteiger partial charge < -0.3 is 15.0 Å². The van der Waals surface area contributed by atoms with Crippen LogP contribution in [0.4, 0.5) is 5.69 Å². The standard InChI is InChI=1S/C17H15N3O4/c1-10(21)13-7-15(19-9-13)17(23)24-11(2)16(22)20-14-5-3-12(8-18)4-6-14/h3-7,9,11,19H,1-2H3,(H,20,22)/t11-/m1/s1. The van der Waals surface area contributed by atoms with E-state index in [2.05, 4.69) is 10.3 Å². The monoisotopic (exact) mass is 325 g/mol. The Bertz CT molecular complexity index is 815. The summed E-state index contributed by atoms with van der Waals surface area (Å²) in [5.74, 6) is -1.42. The number of aromatic amines is 1. The first-order valence-corrected chi connectivity index (χ1v) is 7.12. The maximum atomic E-state index is 12.0. The van der Waals surface area contributed by atoms with Crippen molar-refractivity contribution in [3.05, 3.63) is 53.3 Å². The third-order valence-electron chi connectivity index (χ3n) is 3.24. The number of rotatable bonds is 5. The van der Waals surface area contributed by atoms with Gasteiger partial charge in [-0.15, -0.1) is 0 Å². The second kappa shape index (κ2) is 7.24. The minimum absolute atomic E-state index is 0.0956. The first-order chi connectivity index (χ1) is 11.4. The zero-order valence-corrected chi connectivity index (χ0v) is 13.1. The summed E-state index contributed by atoms with van der Waals surface area (Å²) >= 11 is 0. The van der Waals surface area contributed by atoms with E-state index in [0.29, 0.717) is 16.8 Å². The summed E-state index contributed by atoms with van der Waals surface area (Å²) in [6.45, 7) is 2.82. The highest BCUT2D eigenvalue weighted by Gasteiger charge is 2.20. The fourth-order valence-corrected chi connectivity index (χ4v) is 1.86. The van der Waals surface area contributed by atoms with Crippen molar-refractivity contribution in [2.24, 2.45) is 0 Å². The average Bonchev–Trinajstić information content (AvgIpc) is 3.06. The molecule has 1 amide bonds. The summed E-state index contributed by atoms with van der Waals surface area (Å²) in [5, 5.41) is 11.3. The normalized spacial score (nSPS) is 11.2. The fraction of sp³-hybridized carbons (Fsp3) is 0.176. The number of ether oxygens (including phenoxy) is 1. The zero-order chi connectivity index (χ0) is 17.7. The number of hydrogen-bond donors (Lipinski definition) is 2. The topological polar surface area (TPSA) is 112 Å². The van der Waals surface area contributed by atoms with Gasteiger partial charge in [0, 0.05) is 17.4 Å². The molecular formula is C17H15N3O4. The van der Waals surface area contributed by atoms with Crippen LogP contribution < -0.4 is 5.32 Å². The Morgan fingerprint density at radius 2 is 1.92 bits per heavy atom. The van der Waals surface area contributed by atoms with Crippen LogP contribution in [0, 0.1) is 11.3 Å². The predicted molar refractivity (Wildman–Crippen MR) is 85.5 cm³/mol. The Balaban J connectivity index is 1.95. The number of nitrogens with zero attached hydrogens (tertiary/aromatic N) is 1. The molecule has 0 bridgehead atoms. The van der Waals surface area contributed by atoms with Crippen LogP contribution >= 0.6 is 0 Å². The van der Waals surface area contributed by atoms with Gasteiger partial charge in [-0.2, -0.15) is 5.26 Å². The number of carbonyl (C=O) groups is 3. The molecule has 1 aromatic carbocycles. The zero-order valence-electron chi connectivity index (χ0n) is 13.1. The van der Waals surface area contributed by atoms with Gasteiger partial charge in [0.05, 0.1) is 11.6 Å². The number of Topliss-reactive ketones (excluding diaryl/α,β-unsaturated/α-hetero) is 1. The number of carbonyl (C=O) groups excluding carboxylic acids is 3. The van der Waals surface area contributed by atoms with Gasteiger partial charge in [-0.1, -0.05) is 0 Å². The first kappa shape index (κ1) is 17.0. The van der Waals surface area contributed by atoms with Crippen LogP contribution in [0.25, 0.3) is 0 Å². The van der Waals surface area contributed by atoms with Crippen molar-refractivity contribution in [3.63, 3.8) is 0 Å². The van der Waals surface area contributed by atoms with Crippen molar-refractivity contribution in [1.82, 2.24) is 4.98 Å². The SMILES string of the molecule is CC(=O)c1c[nH]c(C(=O)O[C@H](C)C(=O)Nc2ccc(C#N)cc2)c1. The number of esters is 1. The quantitative estimate of drug-likeness (QED) is 0.647. The van der Waals surface area contributed by atoms with E-state index in [0.717, 1.165) is 0 Å². The second-order valence-corrected chi connectivity index (χ2v) is 5.08. The lowest BCUT2D eigenvalue weighted by Gasteiger charge is -2.13. The molecule has 122 valence electrons. The number of H-pyrrole nitrogens is 1. The molecule has 0 unspecified atom stereocenters. The summed E-state index contributed by atoms with van der Waals surface area (Å²) in [4.78, 5) is 37.8. The minimum Gasteiger partial charge on any atom is -0.448 e. The van der Waals surface area contributed by atoms with E-state index in [4.69, 9.17) is 10.00 Å². The summed E-state index contributed by atoms with van der Waals surface area (Å²) in [6.07, 6.45) is 0.373. The van der Waals surface area contributed by atoms with E-state index in [1.807, 2.05) is 6.07 Å². The van der Waals surface area contributed by atoms with Crippen molar-refractivity contribution in [1.29, 1.82) is 5.26 Å². The van der Waals surface area contributed by atoms with E-state index in [-0.39, 0.29) is 11.5 Å². The minimum atomic E-state index is -1.03. The first-order valence-electron chi connectivity index (χ1n) is 7.12. The van der Waals surface area contributed by atoms with E-state index in [1.54, 1.807) is 24.3 Å². The number of ketones is 1. The van der Waals surface area contributed by atoms with Crippen LogP contribution in [0.5, 0.6) is 0 Å². The Hall–Kier alpha value is -3.40. The number of nitriles is 1. The van der Waals surface area contributed by atoms with Gasteiger partial charge in [0.1, 0.15) is 5.69 Å². The summed E-state index contributed by atoms with van der Waals surface area (Å²) < 4.78 is 5.06. The van der Waals surface area contributed by atoms with Crippen molar-refractivity contribution in [2.45, 2.75) is 20.0 Å². The molecule has 0 fully saturated rings. The lowest BCUT2D eigenvalue weighted by Crippen LogP contribution is -2.30. The second-order valence-electron chi connectivity index (χ2n) is 5.08. The number of nitrogens with one attached hydrogen (secondary N) is 2. The van der Waals surface area contributed by atoms with Crippen molar-refractivity contribution >= 4 is 23.3 Å². The van der Waals surface area contributed by atoms with Gasteiger partial charge in [0.25, 0.3) is 5.91 Å². The van der Waals surface area contributed by atoms with Crippen LogP contribution in [0.1, 0.15) is 40.3 Å². The lowest BCUT2D eigenvalue weighted by atomic mass is 10.2. The molecule has 1 aromatic heterocycles. The summed E-state index contributed by atoms with van der Waals surface area (Å²) in [5.41, 5.74) is 1.41. The molecule has 0 saturated carbocycles. The number of anilines is 1. The Morgan fingerprint density at radius 3 is 2.46 bits per heavy atom. The van der Waals surface area contributed by atoms with Crippen molar-refractivity contribution < 1.29 is 19.1 Å². The predicted octanol–water partition coefficient (Wildman–Crippen LogP) is 2.27. The summed E-state index contributed by atoms with van der Waals surface area (Å²) in [7, 11) is 0. The van der Waals surface area contributed by atoms with Crippen molar-refractivity contribution in [2.75, 3.05) is 5.32 Å². The number of hydrogen-bond acceptors (Lipinski definition) is 5. The molecule has 7 heteroatoms. The number of amides is 1. The molecule has 0 saturated heterocycles. The molecule has 0 aliphatic carbocycles. The van der Waals surface area contributed by atoms with Gasteiger partial charge in [0.15, 0.2) is 11.9 Å². The largest absolute Gasteiger partial charge is 0.448 e. The number of aromatic nitrogens is 1. The highest BCUT2D eigenvalue weighted by Crippen LogP contribution is 2.11.